The van der Waals surface area contributed by atoms with E-state index in [1.807, 2.05) is 19.1 Å². The van der Waals surface area contributed by atoms with Crippen molar-refractivity contribution >= 4 is 11.0 Å². The molecule has 1 aromatic heterocycles. The van der Waals surface area contributed by atoms with E-state index in [-0.39, 0.29) is 6.54 Å². The average molecular weight is 257 g/mol. The first-order valence-corrected chi connectivity index (χ1v) is 6.30. The van der Waals surface area contributed by atoms with E-state index < -0.39 is 11.1 Å². The molecule has 0 spiro atoms. The van der Waals surface area contributed by atoms with E-state index >= 15 is 0 Å². The first-order chi connectivity index (χ1) is 9.20. The lowest BCUT2D eigenvalue weighted by Gasteiger charge is -2.12. The maximum absolute atomic E-state index is 12.1. The Kier molecular flexibility index (Phi) is 3.81. The highest BCUT2D eigenvalue weighted by molar-refractivity contribution is 5.75. The quantitative estimate of drug-likeness (QED) is 0.779. The fourth-order valence-corrected chi connectivity index (χ4v) is 2.14. The third-order valence-electron chi connectivity index (χ3n) is 3.10. The van der Waals surface area contributed by atoms with Crippen molar-refractivity contribution in [1.29, 1.82) is 5.26 Å². The highest BCUT2D eigenvalue weighted by Crippen LogP contribution is 2.10. The second kappa shape index (κ2) is 5.53. The second-order valence-electron chi connectivity index (χ2n) is 4.35. The van der Waals surface area contributed by atoms with Gasteiger partial charge in [0.25, 0.3) is 0 Å². The van der Waals surface area contributed by atoms with Crippen molar-refractivity contribution in [2.75, 3.05) is 0 Å². The monoisotopic (exact) mass is 257 g/mol. The molecule has 1 heterocycles. The van der Waals surface area contributed by atoms with Crippen LogP contribution in [0.3, 0.4) is 0 Å². The summed E-state index contributed by atoms with van der Waals surface area (Å²) in [5.74, 6) is 0. The average Bonchev–Trinajstić information content (AvgIpc) is 2.44. The summed E-state index contributed by atoms with van der Waals surface area (Å²) in [5, 5.41) is 8.79. The molecule has 0 amide bonds. The largest absolute Gasteiger partial charge is 0.317 e. The van der Waals surface area contributed by atoms with E-state index in [0.717, 1.165) is 12.8 Å². The fourth-order valence-electron chi connectivity index (χ4n) is 2.14. The number of aryl methyl sites for hydroxylation is 1. The van der Waals surface area contributed by atoms with E-state index in [0.29, 0.717) is 17.6 Å². The lowest BCUT2D eigenvalue weighted by atomic mass is 10.2. The van der Waals surface area contributed by atoms with Crippen LogP contribution in [0.25, 0.3) is 11.0 Å². The van der Waals surface area contributed by atoms with Crippen molar-refractivity contribution in [3.05, 3.63) is 45.0 Å². The number of rotatable bonds is 4. The van der Waals surface area contributed by atoms with Gasteiger partial charge in [-0.05, 0) is 18.6 Å². The molecule has 0 saturated heterocycles. The van der Waals surface area contributed by atoms with Crippen LogP contribution in [0.1, 0.15) is 19.8 Å². The molecule has 1 aromatic carbocycles. The third kappa shape index (κ3) is 2.29. The van der Waals surface area contributed by atoms with Gasteiger partial charge < -0.3 is 4.57 Å². The molecular formula is C14H15N3O2. The third-order valence-corrected chi connectivity index (χ3v) is 3.10. The van der Waals surface area contributed by atoms with Crippen LogP contribution in [-0.4, -0.2) is 9.13 Å². The van der Waals surface area contributed by atoms with Crippen LogP contribution in [-0.2, 0) is 13.1 Å². The lowest BCUT2D eigenvalue weighted by Crippen LogP contribution is -2.41. The van der Waals surface area contributed by atoms with E-state index in [1.54, 1.807) is 18.2 Å². The predicted molar refractivity (Wildman–Crippen MR) is 73.0 cm³/mol. The van der Waals surface area contributed by atoms with Crippen LogP contribution < -0.4 is 11.1 Å². The molecule has 0 unspecified atom stereocenters. The number of para-hydroxylation sites is 2. The number of nitrogens with zero attached hydrogens (tertiary/aromatic N) is 3. The zero-order valence-electron chi connectivity index (χ0n) is 10.8. The Balaban J connectivity index is 2.81. The van der Waals surface area contributed by atoms with Gasteiger partial charge in [0.05, 0.1) is 17.1 Å². The molecule has 0 aliphatic heterocycles. The van der Waals surface area contributed by atoms with Crippen LogP contribution in [0.15, 0.2) is 33.9 Å². The number of aromatic nitrogens is 2. The Labute approximate surface area is 110 Å². The number of fused-ring (bicyclic) bond motifs is 1. The normalized spacial score (nSPS) is 10.5. The minimum Gasteiger partial charge on any atom is -0.302 e. The zero-order valence-corrected chi connectivity index (χ0v) is 10.8. The van der Waals surface area contributed by atoms with Crippen LogP contribution >= 0.6 is 0 Å². The molecule has 0 N–H and O–H groups in total. The maximum atomic E-state index is 12.1. The minimum absolute atomic E-state index is 0.108. The SMILES string of the molecule is CCCCn1c(=O)c(=O)n(CC#N)c2ccccc21. The Bertz CT molecular complexity index is 750. The summed E-state index contributed by atoms with van der Waals surface area (Å²) in [5.41, 5.74) is 0.152. The molecule has 2 rings (SSSR count). The van der Waals surface area contributed by atoms with Crippen LogP contribution in [0.5, 0.6) is 0 Å². The number of nitriles is 1. The van der Waals surface area contributed by atoms with Crippen molar-refractivity contribution in [2.45, 2.75) is 32.9 Å². The smallest absolute Gasteiger partial charge is 0.302 e. The molecule has 0 fully saturated rings. The molecule has 0 radical (unpaired) electrons. The van der Waals surface area contributed by atoms with Gasteiger partial charge in [0.15, 0.2) is 0 Å². The van der Waals surface area contributed by atoms with Gasteiger partial charge in [-0.1, -0.05) is 25.5 Å². The van der Waals surface area contributed by atoms with E-state index in [4.69, 9.17) is 5.26 Å². The van der Waals surface area contributed by atoms with Crippen molar-refractivity contribution < 1.29 is 0 Å². The van der Waals surface area contributed by atoms with Gasteiger partial charge in [-0.2, -0.15) is 5.26 Å². The zero-order chi connectivity index (χ0) is 13.8. The highest BCUT2D eigenvalue weighted by Gasteiger charge is 2.11. The number of unbranched alkanes of at least 4 members (excludes halogenated alkanes) is 1. The van der Waals surface area contributed by atoms with Crippen molar-refractivity contribution in [3.8, 4) is 6.07 Å². The molecule has 2 aromatic rings. The van der Waals surface area contributed by atoms with Gasteiger partial charge >= 0.3 is 11.1 Å². The van der Waals surface area contributed by atoms with Gasteiger partial charge in [-0.25, -0.2) is 0 Å². The molecule has 0 saturated carbocycles. The fraction of sp³-hybridized carbons (Fsp3) is 0.357. The first-order valence-electron chi connectivity index (χ1n) is 6.30. The van der Waals surface area contributed by atoms with Gasteiger partial charge in [-0.3, -0.25) is 14.2 Å². The predicted octanol–water partition coefficient (Wildman–Crippen LogP) is 1.49. The van der Waals surface area contributed by atoms with Crippen LogP contribution in [0, 0.1) is 11.3 Å². The van der Waals surface area contributed by atoms with E-state index in [1.165, 1.54) is 9.13 Å². The number of benzene rings is 1. The summed E-state index contributed by atoms with van der Waals surface area (Å²) in [7, 11) is 0. The Morgan fingerprint density at radius 3 is 2.26 bits per heavy atom. The van der Waals surface area contributed by atoms with Crippen LogP contribution in [0.4, 0.5) is 0 Å². The molecule has 0 aliphatic carbocycles. The molecule has 98 valence electrons. The summed E-state index contributed by atoms with van der Waals surface area (Å²) < 4.78 is 2.75. The molecule has 0 bridgehead atoms. The molecular weight excluding hydrogens is 242 g/mol. The van der Waals surface area contributed by atoms with Gasteiger partial charge in [-0.15, -0.1) is 0 Å². The number of hydrogen-bond acceptors (Lipinski definition) is 3. The minimum atomic E-state index is -0.628. The van der Waals surface area contributed by atoms with Crippen molar-refractivity contribution in [2.24, 2.45) is 0 Å². The van der Waals surface area contributed by atoms with Crippen molar-refractivity contribution in [1.82, 2.24) is 9.13 Å². The van der Waals surface area contributed by atoms with Gasteiger partial charge in [0.1, 0.15) is 6.54 Å². The summed E-state index contributed by atoms with van der Waals surface area (Å²) in [4.78, 5) is 24.1. The standard InChI is InChI=1S/C14H15N3O2/c1-2-3-9-16-11-6-4-5-7-12(11)17(10-8-15)14(19)13(16)18/h4-7H,2-3,9-10H2,1H3. The van der Waals surface area contributed by atoms with Crippen LogP contribution in [0.2, 0.25) is 0 Å². The highest BCUT2D eigenvalue weighted by atomic mass is 16.2. The topological polar surface area (TPSA) is 67.8 Å². The Hall–Kier alpha value is -2.35. The summed E-state index contributed by atoms with van der Waals surface area (Å²) in [6.45, 7) is 2.45. The van der Waals surface area contributed by atoms with E-state index in [2.05, 4.69) is 0 Å². The molecule has 19 heavy (non-hydrogen) atoms. The second-order valence-corrected chi connectivity index (χ2v) is 4.35. The maximum Gasteiger partial charge on any atom is 0.317 e. The molecule has 5 heteroatoms. The van der Waals surface area contributed by atoms with Gasteiger partial charge in [0, 0.05) is 6.54 Å². The van der Waals surface area contributed by atoms with Gasteiger partial charge in [0.2, 0.25) is 0 Å². The molecule has 5 nitrogen and oxygen atoms in total. The lowest BCUT2D eigenvalue weighted by molar-refractivity contribution is 0.614. The first kappa shape index (κ1) is 13.1. The summed E-state index contributed by atoms with van der Waals surface area (Å²) >= 11 is 0. The van der Waals surface area contributed by atoms with E-state index in [9.17, 15) is 9.59 Å². The molecule has 0 atom stereocenters. The summed E-state index contributed by atoms with van der Waals surface area (Å²) in [6.07, 6.45) is 1.79. The number of hydrogen-bond donors (Lipinski definition) is 0. The Morgan fingerprint density at radius 2 is 1.68 bits per heavy atom. The molecule has 0 aliphatic rings. The summed E-state index contributed by atoms with van der Waals surface area (Å²) in [6, 6.07) is 9.11. The Morgan fingerprint density at radius 1 is 1.11 bits per heavy atom. The van der Waals surface area contributed by atoms with Crippen molar-refractivity contribution in [3.63, 3.8) is 0 Å².